The fourth-order valence-corrected chi connectivity index (χ4v) is 5.38. The minimum atomic E-state index is -0.754. The number of carbonyl (C=O) groups excluding carboxylic acids is 2. The highest BCUT2D eigenvalue weighted by Crippen LogP contribution is 2.53. The summed E-state index contributed by atoms with van der Waals surface area (Å²) < 4.78 is 5.55. The quantitative estimate of drug-likeness (QED) is 0.508. The van der Waals surface area contributed by atoms with Gasteiger partial charge in [-0.25, -0.2) is 0 Å². The van der Waals surface area contributed by atoms with Crippen LogP contribution in [0.1, 0.15) is 31.9 Å². The van der Waals surface area contributed by atoms with Crippen molar-refractivity contribution in [1.82, 2.24) is 4.90 Å². The maximum Gasteiger partial charge on any atom is 0.312 e. The molecule has 2 aromatic carbocycles. The van der Waals surface area contributed by atoms with E-state index in [0.717, 1.165) is 12.0 Å². The Hall–Kier alpha value is -2.88. The summed E-state index contributed by atoms with van der Waals surface area (Å²) in [7, 11) is 0. The zero-order valence-electron chi connectivity index (χ0n) is 18.5. The first-order chi connectivity index (χ1) is 15.0. The summed E-state index contributed by atoms with van der Waals surface area (Å²) in [6.07, 6.45) is 4.78. The molecule has 1 saturated heterocycles. The van der Waals surface area contributed by atoms with Crippen molar-refractivity contribution in [1.29, 1.82) is 0 Å². The number of amides is 1. The first-order valence-electron chi connectivity index (χ1n) is 11.2. The van der Waals surface area contributed by atoms with Crippen molar-refractivity contribution in [2.24, 2.45) is 23.2 Å². The molecule has 4 nitrogen and oxygen atoms in total. The van der Waals surface area contributed by atoms with Gasteiger partial charge in [0, 0.05) is 18.5 Å². The first-order valence-corrected chi connectivity index (χ1v) is 11.2. The highest BCUT2D eigenvalue weighted by molar-refractivity contribution is 5.88. The summed E-state index contributed by atoms with van der Waals surface area (Å²) in [5, 5.41) is 0. The van der Waals surface area contributed by atoms with Crippen LogP contribution in [0, 0.1) is 23.2 Å². The third kappa shape index (κ3) is 3.80. The maximum absolute atomic E-state index is 13.6. The minimum Gasteiger partial charge on any atom is -0.466 e. The van der Waals surface area contributed by atoms with Crippen LogP contribution in [0.5, 0.6) is 0 Å². The number of ether oxygens (including phenoxy) is 1. The van der Waals surface area contributed by atoms with E-state index < -0.39 is 5.41 Å². The summed E-state index contributed by atoms with van der Waals surface area (Å²) >= 11 is 0. The van der Waals surface area contributed by atoms with Crippen molar-refractivity contribution in [2.75, 3.05) is 6.61 Å². The van der Waals surface area contributed by atoms with Crippen molar-refractivity contribution < 1.29 is 14.3 Å². The van der Waals surface area contributed by atoms with Crippen molar-refractivity contribution >= 4 is 11.9 Å². The van der Waals surface area contributed by atoms with Gasteiger partial charge in [-0.2, -0.15) is 0 Å². The topological polar surface area (TPSA) is 46.6 Å². The molecule has 0 spiro atoms. The van der Waals surface area contributed by atoms with Crippen LogP contribution >= 0.6 is 0 Å². The summed E-state index contributed by atoms with van der Waals surface area (Å²) in [6, 6.07) is 20.3. The van der Waals surface area contributed by atoms with Gasteiger partial charge in [0.15, 0.2) is 0 Å². The second kappa shape index (κ2) is 8.70. The average Bonchev–Trinajstić information content (AvgIpc) is 3.04. The molecule has 1 amide bonds. The Bertz CT molecular complexity index is 955. The summed E-state index contributed by atoms with van der Waals surface area (Å²) in [6.45, 7) is 6.78. The number of fused-ring (bicyclic) bond motifs is 1. The molecule has 0 saturated carbocycles. The second-order valence-corrected chi connectivity index (χ2v) is 8.94. The maximum atomic E-state index is 13.6. The summed E-state index contributed by atoms with van der Waals surface area (Å²) in [4.78, 5) is 28.9. The Labute approximate surface area is 184 Å². The molecular formula is C27H31NO3. The predicted molar refractivity (Wildman–Crippen MR) is 121 cm³/mol. The zero-order valence-corrected chi connectivity index (χ0v) is 18.5. The Morgan fingerprint density at radius 1 is 1.00 bits per heavy atom. The molecule has 0 aromatic heterocycles. The largest absolute Gasteiger partial charge is 0.466 e. The van der Waals surface area contributed by atoms with E-state index in [4.69, 9.17) is 4.74 Å². The van der Waals surface area contributed by atoms with Crippen LogP contribution in [0.3, 0.4) is 0 Å². The standard InChI is InChI=1S/C27H31NO3/c1-4-31-26(30)27(3)19(2)15-16-22-24(27)23(17-20-11-7-5-8-12-20)28(25(22)29)18-21-13-9-6-10-14-21/h5-16,19,22-24H,4,17-18H2,1-3H3/t19-,22+,23+,24+,27-/m1/s1. The van der Waals surface area contributed by atoms with Gasteiger partial charge in [0.1, 0.15) is 0 Å². The van der Waals surface area contributed by atoms with Crippen molar-refractivity contribution in [3.63, 3.8) is 0 Å². The highest BCUT2D eigenvalue weighted by atomic mass is 16.5. The number of nitrogens with zero attached hydrogens (tertiary/aromatic N) is 1. The zero-order chi connectivity index (χ0) is 22.0. The lowest BCUT2D eigenvalue weighted by Crippen LogP contribution is -2.51. The van der Waals surface area contributed by atoms with Crippen LogP contribution in [0.25, 0.3) is 0 Å². The number of rotatable bonds is 6. The lowest BCUT2D eigenvalue weighted by molar-refractivity contribution is -0.163. The van der Waals surface area contributed by atoms with Crippen LogP contribution in [0.2, 0.25) is 0 Å². The van der Waals surface area contributed by atoms with Crippen molar-refractivity contribution in [3.8, 4) is 0 Å². The molecule has 0 bridgehead atoms. The van der Waals surface area contributed by atoms with Gasteiger partial charge in [0.05, 0.1) is 17.9 Å². The van der Waals surface area contributed by atoms with Crippen LogP contribution in [-0.4, -0.2) is 29.4 Å². The molecule has 2 aromatic rings. The van der Waals surface area contributed by atoms with Gasteiger partial charge in [-0.05, 0) is 37.3 Å². The molecule has 162 valence electrons. The third-order valence-electron chi connectivity index (χ3n) is 7.21. The van der Waals surface area contributed by atoms with Gasteiger partial charge in [-0.1, -0.05) is 79.7 Å². The molecule has 31 heavy (non-hydrogen) atoms. The number of likely N-dealkylation sites (tertiary alicyclic amines) is 1. The van der Waals surface area contributed by atoms with Gasteiger partial charge in [-0.3, -0.25) is 9.59 Å². The molecule has 1 fully saturated rings. The number of allylic oxidation sites excluding steroid dienone is 1. The van der Waals surface area contributed by atoms with E-state index in [1.165, 1.54) is 5.56 Å². The number of hydrogen-bond donors (Lipinski definition) is 0. The van der Waals surface area contributed by atoms with Gasteiger partial charge in [0.25, 0.3) is 0 Å². The van der Waals surface area contributed by atoms with E-state index in [1.807, 2.05) is 67.3 Å². The molecule has 4 rings (SSSR count). The van der Waals surface area contributed by atoms with Gasteiger partial charge < -0.3 is 9.64 Å². The minimum absolute atomic E-state index is 0.00412. The average molecular weight is 418 g/mol. The molecule has 4 heteroatoms. The molecule has 0 N–H and O–H groups in total. The molecule has 2 aliphatic rings. The Morgan fingerprint density at radius 3 is 2.23 bits per heavy atom. The molecule has 0 unspecified atom stereocenters. The third-order valence-corrected chi connectivity index (χ3v) is 7.21. The Kier molecular flexibility index (Phi) is 5.99. The Balaban J connectivity index is 1.77. The fourth-order valence-electron chi connectivity index (χ4n) is 5.38. The van der Waals surface area contributed by atoms with Gasteiger partial charge in [-0.15, -0.1) is 0 Å². The molecular weight excluding hydrogens is 386 g/mol. The van der Waals surface area contributed by atoms with Crippen LogP contribution in [-0.2, 0) is 27.3 Å². The normalized spacial score (nSPS) is 29.6. The van der Waals surface area contributed by atoms with E-state index in [2.05, 4.69) is 31.2 Å². The second-order valence-electron chi connectivity index (χ2n) is 8.94. The Morgan fingerprint density at radius 2 is 1.61 bits per heavy atom. The fraction of sp³-hybridized carbons (Fsp3) is 0.407. The van der Waals surface area contributed by atoms with Crippen molar-refractivity contribution in [2.45, 2.75) is 39.8 Å². The first kappa shape index (κ1) is 21.4. The van der Waals surface area contributed by atoms with Crippen LogP contribution in [0.15, 0.2) is 72.8 Å². The number of carbonyl (C=O) groups is 2. The lowest BCUT2D eigenvalue weighted by atomic mass is 9.59. The monoisotopic (exact) mass is 417 g/mol. The van der Waals surface area contributed by atoms with E-state index in [-0.39, 0.29) is 35.7 Å². The van der Waals surface area contributed by atoms with E-state index >= 15 is 0 Å². The lowest BCUT2D eigenvalue weighted by Gasteiger charge is -2.44. The van der Waals surface area contributed by atoms with Crippen LogP contribution < -0.4 is 0 Å². The van der Waals surface area contributed by atoms with Crippen LogP contribution in [0.4, 0.5) is 0 Å². The van der Waals surface area contributed by atoms with E-state index in [9.17, 15) is 9.59 Å². The number of benzene rings is 2. The molecule has 5 atom stereocenters. The molecule has 0 radical (unpaired) electrons. The molecule has 1 aliphatic carbocycles. The van der Waals surface area contributed by atoms with E-state index in [1.54, 1.807) is 0 Å². The molecule has 1 aliphatic heterocycles. The highest BCUT2D eigenvalue weighted by Gasteiger charge is 2.60. The number of esters is 1. The summed E-state index contributed by atoms with van der Waals surface area (Å²) in [5.74, 6) is -0.538. The molecule has 1 heterocycles. The number of hydrogen-bond acceptors (Lipinski definition) is 3. The SMILES string of the molecule is CCOC(=O)[C@@]1(C)[C@H]2[C@H](C=C[C@H]1C)C(=O)N(Cc1ccccc1)[C@H]2Cc1ccccc1. The summed E-state index contributed by atoms with van der Waals surface area (Å²) in [5.41, 5.74) is 1.52. The van der Waals surface area contributed by atoms with Gasteiger partial charge >= 0.3 is 5.97 Å². The van der Waals surface area contributed by atoms with Crippen molar-refractivity contribution in [3.05, 3.63) is 83.9 Å². The van der Waals surface area contributed by atoms with Gasteiger partial charge in [0.2, 0.25) is 5.91 Å². The predicted octanol–water partition coefficient (Wildman–Crippen LogP) is 4.65. The smallest absolute Gasteiger partial charge is 0.312 e. The van der Waals surface area contributed by atoms with E-state index in [0.29, 0.717) is 13.2 Å².